The number of hydrogen-bond donors (Lipinski definition) is 2. The number of hydrogen-bond acceptors (Lipinski definition) is 8. The average molecular weight is 430 g/mol. The van der Waals surface area contributed by atoms with E-state index in [-0.39, 0.29) is 5.91 Å². The van der Waals surface area contributed by atoms with E-state index >= 15 is 0 Å². The van der Waals surface area contributed by atoms with Gasteiger partial charge in [-0.15, -0.1) is 0 Å². The third-order valence-corrected chi connectivity index (χ3v) is 5.76. The summed E-state index contributed by atoms with van der Waals surface area (Å²) in [6.45, 7) is 5.62. The molecule has 3 aromatic rings. The van der Waals surface area contributed by atoms with Crippen molar-refractivity contribution in [3.05, 3.63) is 45.7 Å². The van der Waals surface area contributed by atoms with E-state index in [4.69, 9.17) is 11.6 Å². The number of para-hydroxylation sites is 1. The van der Waals surface area contributed by atoms with Gasteiger partial charge in [-0.25, -0.2) is 4.98 Å². The summed E-state index contributed by atoms with van der Waals surface area (Å²) in [4.78, 5) is 32.7. The lowest BCUT2D eigenvalue weighted by atomic mass is 10.2. The Bertz CT molecular complexity index is 1030. The maximum atomic E-state index is 12.6. The Balaban J connectivity index is 1.49. The van der Waals surface area contributed by atoms with Gasteiger partial charge in [0.1, 0.15) is 10.7 Å². The number of thiazole rings is 1. The number of aryl methyl sites for hydroxylation is 2. The number of amides is 1. The molecule has 2 aromatic heterocycles. The van der Waals surface area contributed by atoms with Crippen LogP contribution < -0.4 is 15.5 Å². The first-order chi connectivity index (χ1) is 14.0. The Hall–Kier alpha value is -2.78. The van der Waals surface area contributed by atoms with Crippen LogP contribution in [0.1, 0.15) is 33.9 Å². The first-order valence-corrected chi connectivity index (χ1v) is 10.5. The van der Waals surface area contributed by atoms with Crippen LogP contribution in [0.25, 0.3) is 0 Å². The second-order valence-corrected chi connectivity index (χ2v) is 8.18. The Morgan fingerprint density at radius 2 is 1.97 bits per heavy atom. The fourth-order valence-corrected chi connectivity index (χ4v) is 4.05. The van der Waals surface area contributed by atoms with Gasteiger partial charge >= 0.3 is 0 Å². The monoisotopic (exact) mass is 429 g/mol. The maximum absolute atomic E-state index is 12.6. The first kappa shape index (κ1) is 19.5. The van der Waals surface area contributed by atoms with Crippen molar-refractivity contribution in [3.8, 4) is 0 Å². The predicted octanol–water partition coefficient (Wildman–Crippen LogP) is 4.19. The van der Waals surface area contributed by atoms with Gasteiger partial charge in [0.05, 0.1) is 16.9 Å². The van der Waals surface area contributed by atoms with E-state index < -0.39 is 0 Å². The Morgan fingerprint density at radius 1 is 1.17 bits per heavy atom. The quantitative estimate of drug-likeness (QED) is 0.627. The van der Waals surface area contributed by atoms with E-state index in [2.05, 4.69) is 35.5 Å². The maximum Gasteiger partial charge on any atom is 0.267 e. The number of halogens is 1. The number of benzene rings is 1. The van der Waals surface area contributed by atoms with Gasteiger partial charge in [-0.3, -0.25) is 10.1 Å². The smallest absolute Gasteiger partial charge is 0.267 e. The molecule has 29 heavy (non-hydrogen) atoms. The molecule has 0 radical (unpaired) electrons. The molecule has 0 atom stereocenters. The molecule has 1 fully saturated rings. The van der Waals surface area contributed by atoms with Gasteiger partial charge in [0.2, 0.25) is 11.9 Å². The summed E-state index contributed by atoms with van der Waals surface area (Å²) < 4.78 is 0. The summed E-state index contributed by atoms with van der Waals surface area (Å²) in [5.74, 6) is 1.45. The van der Waals surface area contributed by atoms with E-state index in [9.17, 15) is 4.79 Å². The van der Waals surface area contributed by atoms with Crippen LogP contribution in [0, 0.1) is 13.8 Å². The molecule has 0 unspecified atom stereocenters. The first-order valence-electron chi connectivity index (χ1n) is 9.26. The minimum Gasteiger partial charge on any atom is -0.341 e. The van der Waals surface area contributed by atoms with Gasteiger partial charge in [-0.05, 0) is 38.3 Å². The van der Waals surface area contributed by atoms with Gasteiger partial charge in [0.15, 0.2) is 5.13 Å². The molecule has 1 aliphatic rings. The van der Waals surface area contributed by atoms with Crippen LogP contribution in [0.3, 0.4) is 0 Å². The van der Waals surface area contributed by atoms with Crippen LogP contribution in [-0.2, 0) is 0 Å². The second kappa shape index (κ2) is 8.30. The summed E-state index contributed by atoms with van der Waals surface area (Å²) >= 11 is 7.41. The van der Waals surface area contributed by atoms with Gasteiger partial charge in [0.25, 0.3) is 5.91 Å². The van der Waals surface area contributed by atoms with Crippen LogP contribution in [0.2, 0.25) is 5.02 Å². The highest BCUT2D eigenvalue weighted by atomic mass is 35.5. The van der Waals surface area contributed by atoms with Gasteiger partial charge in [0, 0.05) is 13.1 Å². The summed E-state index contributed by atoms with van der Waals surface area (Å²) in [5.41, 5.74) is 1.49. The van der Waals surface area contributed by atoms with Crippen molar-refractivity contribution in [2.45, 2.75) is 26.7 Å². The van der Waals surface area contributed by atoms with Gasteiger partial charge in [-0.1, -0.05) is 35.1 Å². The fourth-order valence-electron chi connectivity index (χ4n) is 3.08. The molecule has 1 amide bonds. The molecule has 10 heteroatoms. The van der Waals surface area contributed by atoms with Crippen LogP contribution in [0.4, 0.5) is 22.7 Å². The number of rotatable bonds is 5. The van der Waals surface area contributed by atoms with E-state index in [0.717, 1.165) is 31.5 Å². The van der Waals surface area contributed by atoms with Gasteiger partial charge in [-0.2, -0.15) is 15.0 Å². The fraction of sp³-hybridized carbons (Fsp3) is 0.316. The largest absolute Gasteiger partial charge is 0.341 e. The lowest BCUT2D eigenvalue weighted by Crippen LogP contribution is -2.21. The molecule has 0 aliphatic carbocycles. The van der Waals surface area contributed by atoms with Crippen molar-refractivity contribution in [2.75, 3.05) is 28.6 Å². The van der Waals surface area contributed by atoms with E-state index in [1.165, 1.54) is 17.5 Å². The van der Waals surface area contributed by atoms with Crippen molar-refractivity contribution in [3.63, 3.8) is 0 Å². The zero-order valence-electron chi connectivity index (χ0n) is 16.1. The molecule has 1 aromatic carbocycles. The summed E-state index contributed by atoms with van der Waals surface area (Å²) in [5, 5.41) is 6.96. The molecule has 0 saturated carbocycles. The lowest BCUT2D eigenvalue weighted by Gasteiger charge is -2.15. The zero-order valence-corrected chi connectivity index (χ0v) is 17.6. The zero-order chi connectivity index (χ0) is 20.4. The normalized spacial score (nSPS) is 13.6. The molecule has 3 heterocycles. The van der Waals surface area contributed by atoms with Crippen LogP contribution >= 0.6 is 22.9 Å². The Kier molecular flexibility index (Phi) is 5.59. The molecule has 0 spiro atoms. The highest BCUT2D eigenvalue weighted by molar-refractivity contribution is 7.17. The minimum atomic E-state index is -0.267. The molecule has 150 valence electrons. The molecule has 8 nitrogen and oxygen atoms in total. The molecular formula is C19H20ClN7OS. The molecule has 2 N–H and O–H groups in total. The standard InChI is InChI=1S/C19H20ClN7OS/c1-11-6-5-7-13(20)15(11)24-16(28)14-10-21-19(29-14)26-17-22-12(2)23-18(25-17)27-8-3-4-9-27/h5-7,10H,3-4,8-9H2,1-2H3,(H,24,28)(H,21,22,23,25,26). The van der Waals surface area contributed by atoms with Crippen molar-refractivity contribution in [1.82, 2.24) is 19.9 Å². The lowest BCUT2D eigenvalue weighted by molar-refractivity contribution is 0.103. The van der Waals surface area contributed by atoms with Crippen molar-refractivity contribution >= 4 is 51.6 Å². The third-order valence-electron chi connectivity index (χ3n) is 4.53. The highest BCUT2D eigenvalue weighted by Gasteiger charge is 2.18. The molecular weight excluding hydrogens is 410 g/mol. The molecule has 1 saturated heterocycles. The predicted molar refractivity (Wildman–Crippen MR) is 116 cm³/mol. The number of nitrogens with zero attached hydrogens (tertiary/aromatic N) is 5. The number of carbonyl (C=O) groups excluding carboxylic acids is 1. The summed E-state index contributed by atoms with van der Waals surface area (Å²) in [6.07, 6.45) is 3.80. The van der Waals surface area contributed by atoms with E-state index in [1.807, 2.05) is 26.0 Å². The minimum absolute atomic E-state index is 0.267. The third kappa shape index (κ3) is 4.46. The van der Waals surface area contributed by atoms with Crippen LogP contribution in [0.15, 0.2) is 24.4 Å². The van der Waals surface area contributed by atoms with Crippen molar-refractivity contribution in [2.24, 2.45) is 0 Å². The number of carbonyl (C=O) groups is 1. The van der Waals surface area contributed by atoms with Crippen LogP contribution in [0.5, 0.6) is 0 Å². The Morgan fingerprint density at radius 3 is 2.72 bits per heavy atom. The van der Waals surface area contributed by atoms with Crippen LogP contribution in [-0.4, -0.2) is 38.9 Å². The van der Waals surface area contributed by atoms with E-state index in [0.29, 0.717) is 38.4 Å². The van der Waals surface area contributed by atoms with Crippen molar-refractivity contribution < 1.29 is 4.79 Å². The average Bonchev–Trinajstić information content (AvgIpc) is 3.36. The molecule has 0 bridgehead atoms. The highest BCUT2D eigenvalue weighted by Crippen LogP contribution is 2.28. The second-order valence-electron chi connectivity index (χ2n) is 6.74. The number of aromatic nitrogens is 4. The summed E-state index contributed by atoms with van der Waals surface area (Å²) in [6, 6.07) is 5.47. The van der Waals surface area contributed by atoms with E-state index in [1.54, 1.807) is 6.07 Å². The topological polar surface area (TPSA) is 95.9 Å². The molecule has 1 aliphatic heterocycles. The molecule has 4 rings (SSSR count). The summed E-state index contributed by atoms with van der Waals surface area (Å²) in [7, 11) is 0. The SMILES string of the molecule is Cc1nc(Nc2ncc(C(=O)Nc3c(C)cccc3Cl)s2)nc(N2CCCC2)n1. The van der Waals surface area contributed by atoms with Crippen molar-refractivity contribution in [1.29, 1.82) is 0 Å². The Labute approximate surface area is 177 Å². The number of anilines is 4. The number of nitrogens with one attached hydrogen (secondary N) is 2. The van der Waals surface area contributed by atoms with Gasteiger partial charge < -0.3 is 10.2 Å².